The maximum atomic E-state index is 5.79. The normalized spacial score (nSPS) is 34.4. The summed E-state index contributed by atoms with van der Waals surface area (Å²) in [5.41, 5.74) is 0. The van der Waals surface area contributed by atoms with Crippen LogP contribution in [0.5, 0.6) is 0 Å². The number of hydrogen-bond donors (Lipinski definition) is 0. The largest absolute Gasteiger partial charge is 0.350 e. The molecule has 0 aliphatic carbocycles. The van der Waals surface area contributed by atoms with Crippen LogP contribution in [0.25, 0.3) is 0 Å². The van der Waals surface area contributed by atoms with Gasteiger partial charge in [0.05, 0.1) is 19.8 Å². The fraction of sp³-hybridized carbons (Fsp3) is 1.00. The first-order valence-electron chi connectivity index (χ1n) is 10.2. The fourth-order valence-corrected chi connectivity index (χ4v) is 3.42. The predicted molar refractivity (Wildman–Crippen MR) is 99.5 cm³/mol. The highest BCUT2D eigenvalue weighted by atomic mass is 31.2. The summed E-state index contributed by atoms with van der Waals surface area (Å²) in [6, 6.07) is 0. The van der Waals surface area contributed by atoms with E-state index >= 15 is 0 Å². The van der Waals surface area contributed by atoms with E-state index in [9.17, 15) is 0 Å². The zero-order valence-corrected chi connectivity index (χ0v) is 17.8. The number of epoxide rings is 3. The van der Waals surface area contributed by atoms with E-state index in [-0.39, 0.29) is 37.2 Å². The summed E-state index contributed by atoms with van der Waals surface area (Å²) in [5.74, 6) is 0. The van der Waals surface area contributed by atoms with Gasteiger partial charge < -0.3 is 42.0 Å². The molecule has 3 fully saturated rings. The monoisotopic (exact) mass is 424 g/mol. The predicted octanol–water partition coefficient (Wildman–Crippen LogP) is 2.72. The van der Waals surface area contributed by atoms with Gasteiger partial charge in [0.2, 0.25) is 0 Å². The lowest BCUT2D eigenvalue weighted by molar-refractivity contribution is 0.0505. The highest BCUT2D eigenvalue weighted by Crippen LogP contribution is 2.44. The molecule has 3 aliphatic heterocycles. The topological polar surface area (TPSA) is 93.0 Å². The van der Waals surface area contributed by atoms with E-state index in [1.165, 1.54) is 0 Å². The van der Waals surface area contributed by atoms with Gasteiger partial charge >= 0.3 is 8.60 Å². The highest BCUT2D eigenvalue weighted by molar-refractivity contribution is 7.41. The lowest BCUT2D eigenvalue weighted by atomic mass is 10.5. The molecule has 164 valence electrons. The third-order valence-electron chi connectivity index (χ3n) is 4.10. The van der Waals surface area contributed by atoms with Crippen LogP contribution < -0.4 is 0 Å². The molecule has 0 bridgehead atoms. The van der Waals surface area contributed by atoms with Crippen molar-refractivity contribution in [2.24, 2.45) is 0 Å². The minimum Gasteiger partial charge on any atom is -0.350 e. The van der Waals surface area contributed by atoms with Crippen molar-refractivity contribution in [2.45, 2.75) is 77.2 Å². The molecule has 10 heteroatoms. The average Bonchev–Trinajstić information content (AvgIpc) is 3.59. The Morgan fingerprint density at radius 3 is 1.18 bits per heavy atom. The summed E-state index contributed by atoms with van der Waals surface area (Å²) in [6.07, 6.45) is 2.10. The molecule has 28 heavy (non-hydrogen) atoms. The van der Waals surface area contributed by atoms with Gasteiger partial charge in [-0.1, -0.05) is 20.8 Å². The molecule has 6 unspecified atom stereocenters. The van der Waals surface area contributed by atoms with E-state index < -0.39 is 8.60 Å². The molecule has 9 nitrogen and oxygen atoms in total. The van der Waals surface area contributed by atoms with Crippen LogP contribution in [0.15, 0.2) is 0 Å². The molecular weight excluding hydrogens is 391 g/mol. The Bertz CT molecular complexity index is 381. The Morgan fingerprint density at radius 1 is 0.571 bits per heavy atom. The Morgan fingerprint density at radius 2 is 0.893 bits per heavy atom. The van der Waals surface area contributed by atoms with Crippen LogP contribution in [0.3, 0.4) is 0 Å². The lowest BCUT2D eigenvalue weighted by Crippen LogP contribution is -2.12. The van der Waals surface area contributed by atoms with Gasteiger partial charge in [-0.25, -0.2) is 0 Å². The third-order valence-corrected chi connectivity index (χ3v) is 5.18. The van der Waals surface area contributed by atoms with Crippen LogP contribution in [-0.4, -0.2) is 76.8 Å². The van der Waals surface area contributed by atoms with Gasteiger partial charge in [-0.3, -0.25) is 0 Å². The van der Waals surface area contributed by atoms with Crippen LogP contribution in [0.1, 0.15) is 40.0 Å². The van der Waals surface area contributed by atoms with E-state index in [1.54, 1.807) is 0 Å². The Balaban J connectivity index is 1.32. The molecule has 0 aromatic heterocycles. The zero-order chi connectivity index (χ0) is 19.8. The van der Waals surface area contributed by atoms with E-state index in [0.717, 1.165) is 19.3 Å². The lowest BCUT2D eigenvalue weighted by Gasteiger charge is -2.15. The summed E-state index contributed by atoms with van der Waals surface area (Å²) in [6.45, 7) is 9.31. The van der Waals surface area contributed by atoms with Gasteiger partial charge in [0.15, 0.2) is 18.9 Å². The second-order valence-electron chi connectivity index (χ2n) is 6.85. The second-order valence-corrected chi connectivity index (χ2v) is 8.07. The van der Waals surface area contributed by atoms with Crippen LogP contribution in [0.4, 0.5) is 0 Å². The quantitative estimate of drug-likeness (QED) is 0.243. The van der Waals surface area contributed by atoms with Crippen molar-refractivity contribution in [2.75, 3.05) is 39.6 Å². The van der Waals surface area contributed by atoms with Crippen molar-refractivity contribution in [1.82, 2.24) is 0 Å². The summed E-state index contributed by atoms with van der Waals surface area (Å²) in [5, 5.41) is 0. The van der Waals surface area contributed by atoms with Crippen LogP contribution in [-0.2, 0) is 42.0 Å². The van der Waals surface area contributed by atoms with E-state index in [1.807, 2.05) is 0 Å². The fourth-order valence-electron chi connectivity index (χ4n) is 2.39. The van der Waals surface area contributed by atoms with Crippen molar-refractivity contribution >= 4 is 8.60 Å². The molecule has 0 aromatic rings. The summed E-state index contributed by atoms with van der Waals surface area (Å²) < 4.78 is 50.2. The molecule has 3 saturated heterocycles. The van der Waals surface area contributed by atoms with Crippen LogP contribution >= 0.6 is 8.60 Å². The van der Waals surface area contributed by atoms with Crippen LogP contribution in [0.2, 0.25) is 0 Å². The molecule has 0 aromatic carbocycles. The zero-order valence-electron chi connectivity index (χ0n) is 16.9. The van der Waals surface area contributed by atoms with Crippen molar-refractivity contribution in [3.63, 3.8) is 0 Å². The highest BCUT2D eigenvalue weighted by Gasteiger charge is 2.44. The van der Waals surface area contributed by atoms with Gasteiger partial charge in [-0.05, 0) is 19.3 Å². The van der Waals surface area contributed by atoms with Gasteiger partial charge in [0, 0.05) is 19.8 Å². The number of hydrogen-bond acceptors (Lipinski definition) is 9. The van der Waals surface area contributed by atoms with Gasteiger partial charge in [0.25, 0.3) is 0 Å². The molecule has 0 N–H and O–H groups in total. The molecule has 0 radical (unpaired) electrons. The molecule has 3 aliphatic rings. The molecule has 3 heterocycles. The maximum Gasteiger partial charge on any atom is 0.332 e. The SMILES string of the molecule is CCCOC1OC1COP(OCC1OC1OCCC)OCC1OC1OCCC. The van der Waals surface area contributed by atoms with E-state index in [2.05, 4.69) is 20.8 Å². The van der Waals surface area contributed by atoms with Crippen molar-refractivity contribution < 1.29 is 42.0 Å². The molecular formula is C18H33O9P. The van der Waals surface area contributed by atoms with Gasteiger partial charge in [0.1, 0.15) is 18.3 Å². The first-order valence-corrected chi connectivity index (χ1v) is 11.3. The summed E-state index contributed by atoms with van der Waals surface area (Å²) in [4.78, 5) is 0. The van der Waals surface area contributed by atoms with E-state index in [4.69, 9.17) is 42.0 Å². The summed E-state index contributed by atoms with van der Waals surface area (Å²) >= 11 is 0. The third kappa shape index (κ3) is 8.07. The molecule has 0 amide bonds. The van der Waals surface area contributed by atoms with Crippen molar-refractivity contribution in [3.05, 3.63) is 0 Å². The molecule has 6 atom stereocenters. The first-order chi connectivity index (χ1) is 13.7. The van der Waals surface area contributed by atoms with Gasteiger partial charge in [-0.2, -0.15) is 0 Å². The summed E-state index contributed by atoms with van der Waals surface area (Å²) in [7, 11) is -1.54. The molecule has 3 rings (SSSR count). The Kier molecular flexibility index (Phi) is 9.79. The minimum atomic E-state index is -1.54. The van der Waals surface area contributed by atoms with Crippen LogP contribution in [0, 0.1) is 0 Å². The van der Waals surface area contributed by atoms with E-state index in [0.29, 0.717) is 39.6 Å². The first kappa shape index (κ1) is 22.7. The standard InChI is InChI=1S/C18H33O9P/c1-4-7-19-16-13(25-16)10-22-28(23-11-14-17(26-14)20-8-5-2)24-12-15-18(27-15)21-9-6-3/h13-18H,4-12H2,1-3H3. The smallest absolute Gasteiger partial charge is 0.332 e. The minimum absolute atomic E-state index is 0.0700. The maximum absolute atomic E-state index is 5.79. The molecule has 0 saturated carbocycles. The number of rotatable bonds is 18. The second kappa shape index (κ2) is 12.1. The van der Waals surface area contributed by atoms with Crippen molar-refractivity contribution in [3.8, 4) is 0 Å². The average molecular weight is 424 g/mol. The van der Waals surface area contributed by atoms with Gasteiger partial charge in [-0.15, -0.1) is 0 Å². The Labute approximate surface area is 168 Å². The van der Waals surface area contributed by atoms with Crippen molar-refractivity contribution in [1.29, 1.82) is 0 Å². The number of ether oxygens (including phenoxy) is 6. The molecule has 0 spiro atoms. The Hall–Kier alpha value is 0.0700.